The number of hydrogen-bond acceptors (Lipinski definition) is 2. The van der Waals surface area contributed by atoms with Crippen LogP contribution in [0.3, 0.4) is 0 Å². The number of halogens is 2. The summed E-state index contributed by atoms with van der Waals surface area (Å²) in [6.07, 6.45) is 0.633. The highest BCUT2D eigenvalue weighted by Crippen LogP contribution is 2.23. The van der Waals surface area contributed by atoms with Crippen molar-refractivity contribution in [2.45, 2.75) is 32.8 Å². The van der Waals surface area contributed by atoms with Crippen LogP contribution in [-0.2, 0) is 0 Å². The van der Waals surface area contributed by atoms with E-state index in [1.165, 1.54) is 0 Å². The van der Waals surface area contributed by atoms with Crippen LogP contribution in [0.5, 0.6) is 0 Å². The van der Waals surface area contributed by atoms with Crippen LogP contribution in [0.4, 0.5) is 0 Å². The van der Waals surface area contributed by atoms with Gasteiger partial charge in [-0.1, -0.05) is 25.4 Å². The molecule has 0 aliphatic heterocycles. The highest BCUT2D eigenvalue weighted by Gasteiger charge is 2.22. The quantitative estimate of drug-likeness (QED) is 0.853. The second kappa shape index (κ2) is 6.73. The van der Waals surface area contributed by atoms with Crippen molar-refractivity contribution in [3.8, 4) is 0 Å². The lowest BCUT2D eigenvalue weighted by Crippen LogP contribution is -2.41. The molecule has 1 unspecified atom stereocenters. The molecule has 0 fully saturated rings. The molecule has 0 saturated carbocycles. The van der Waals surface area contributed by atoms with Gasteiger partial charge in [0.15, 0.2) is 0 Å². The van der Waals surface area contributed by atoms with Crippen LogP contribution < -0.4 is 5.32 Å². The molecular formula is C14H19BrClNO2. The van der Waals surface area contributed by atoms with E-state index in [-0.39, 0.29) is 12.5 Å². The smallest absolute Gasteiger partial charge is 0.251 e. The molecule has 0 heterocycles. The number of amides is 1. The first-order valence-electron chi connectivity index (χ1n) is 6.17. The third-order valence-corrected chi connectivity index (χ3v) is 3.89. The third kappa shape index (κ3) is 5.51. The van der Waals surface area contributed by atoms with Crippen LogP contribution in [0.2, 0.25) is 5.02 Å². The summed E-state index contributed by atoms with van der Waals surface area (Å²) in [5.74, 6) is 0.132. The second-order valence-corrected chi connectivity index (χ2v) is 6.67. The van der Waals surface area contributed by atoms with Crippen LogP contribution in [-0.4, -0.2) is 23.2 Å². The van der Waals surface area contributed by atoms with E-state index in [9.17, 15) is 9.90 Å². The molecule has 0 spiro atoms. The molecule has 3 nitrogen and oxygen atoms in total. The van der Waals surface area contributed by atoms with Gasteiger partial charge < -0.3 is 10.4 Å². The van der Waals surface area contributed by atoms with Crippen LogP contribution in [0, 0.1) is 5.92 Å². The van der Waals surface area contributed by atoms with Crippen molar-refractivity contribution in [3.63, 3.8) is 0 Å². The maximum absolute atomic E-state index is 11.9. The van der Waals surface area contributed by atoms with Crippen LogP contribution in [0.15, 0.2) is 22.7 Å². The molecule has 106 valence electrons. The molecule has 0 radical (unpaired) electrons. The number of hydrogen-bond donors (Lipinski definition) is 2. The maximum atomic E-state index is 11.9. The lowest BCUT2D eigenvalue weighted by Gasteiger charge is -2.25. The van der Waals surface area contributed by atoms with E-state index in [0.29, 0.717) is 22.9 Å². The van der Waals surface area contributed by atoms with Gasteiger partial charge in [0.2, 0.25) is 0 Å². The first kappa shape index (κ1) is 16.5. The minimum atomic E-state index is -0.900. The van der Waals surface area contributed by atoms with Gasteiger partial charge in [-0.3, -0.25) is 4.79 Å². The zero-order chi connectivity index (χ0) is 14.6. The summed E-state index contributed by atoms with van der Waals surface area (Å²) in [6, 6.07) is 5.00. The summed E-state index contributed by atoms with van der Waals surface area (Å²) in [6.45, 7) is 6.01. The molecule has 1 aromatic carbocycles. The monoisotopic (exact) mass is 347 g/mol. The van der Waals surface area contributed by atoms with Crippen molar-refractivity contribution >= 4 is 33.4 Å². The molecule has 0 saturated heterocycles. The van der Waals surface area contributed by atoms with Gasteiger partial charge in [-0.05, 0) is 53.4 Å². The average molecular weight is 349 g/mol. The minimum Gasteiger partial charge on any atom is -0.388 e. The van der Waals surface area contributed by atoms with Crippen molar-refractivity contribution in [1.29, 1.82) is 0 Å². The minimum absolute atomic E-state index is 0.220. The second-order valence-electron chi connectivity index (χ2n) is 5.41. The van der Waals surface area contributed by atoms with Gasteiger partial charge in [-0.15, -0.1) is 0 Å². The molecule has 1 aromatic rings. The fourth-order valence-corrected chi connectivity index (χ4v) is 2.39. The Labute approximate surface area is 127 Å². The van der Waals surface area contributed by atoms with Gasteiger partial charge in [-0.25, -0.2) is 0 Å². The molecule has 1 amide bonds. The molecule has 2 N–H and O–H groups in total. The average Bonchev–Trinajstić information content (AvgIpc) is 2.28. The topological polar surface area (TPSA) is 49.3 Å². The van der Waals surface area contributed by atoms with E-state index in [4.69, 9.17) is 11.6 Å². The molecule has 5 heteroatoms. The highest BCUT2D eigenvalue weighted by atomic mass is 79.9. The summed E-state index contributed by atoms with van der Waals surface area (Å²) in [7, 11) is 0. The highest BCUT2D eigenvalue weighted by molar-refractivity contribution is 9.10. The first-order valence-corrected chi connectivity index (χ1v) is 7.34. The summed E-state index contributed by atoms with van der Waals surface area (Å²) in [4.78, 5) is 11.9. The van der Waals surface area contributed by atoms with E-state index in [0.717, 1.165) is 4.47 Å². The summed E-state index contributed by atoms with van der Waals surface area (Å²) in [5, 5.41) is 13.3. The SMILES string of the molecule is CC(C)CC(C)(O)CNC(=O)c1ccc(Br)c(Cl)c1. The summed E-state index contributed by atoms with van der Waals surface area (Å²) < 4.78 is 0.748. The Hall–Kier alpha value is -0.580. The molecule has 1 rings (SSSR count). The lowest BCUT2D eigenvalue weighted by atomic mass is 9.94. The van der Waals surface area contributed by atoms with Gasteiger partial charge in [0.25, 0.3) is 5.91 Å². The van der Waals surface area contributed by atoms with Gasteiger partial charge in [-0.2, -0.15) is 0 Å². The van der Waals surface area contributed by atoms with Crippen LogP contribution in [0.25, 0.3) is 0 Å². The van der Waals surface area contributed by atoms with Crippen molar-refractivity contribution in [3.05, 3.63) is 33.3 Å². The number of carbonyl (C=O) groups is 1. The molecule has 0 aliphatic rings. The van der Waals surface area contributed by atoms with Crippen molar-refractivity contribution < 1.29 is 9.90 Å². The standard InChI is InChI=1S/C14H19BrClNO2/c1-9(2)7-14(3,19)8-17-13(18)10-4-5-11(15)12(16)6-10/h4-6,9,19H,7-8H2,1-3H3,(H,17,18). The Morgan fingerprint density at radius 3 is 2.68 bits per heavy atom. The molecule has 0 aromatic heterocycles. The number of carbonyl (C=O) groups excluding carboxylic acids is 1. The molecule has 0 bridgehead atoms. The van der Waals surface area contributed by atoms with Gasteiger partial charge in [0, 0.05) is 16.6 Å². The normalized spacial score (nSPS) is 14.3. The number of rotatable bonds is 5. The maximum Gasteiger partial charge on any atom is 0.251 e. The Kier molecular flexibility index (Phi) is 5.83. The van der Waals surface area contributed by atoms with E-state index >= 15 is 0 Å². The van der Waals surface area contributed by atoms with E-state index in [1.54, 1.807) is 25.1 Å². The third-order valence-electron chi connectivity index (χ3n) is 2.66. The molecule has 1 atom stereocenters. The Balaban J connectivity index is 2.62. The Bertz CT molecular complexity index is 461. The molecular weight excluding hydrogens is 330 g/mol. The van der Waals surface area contributed by atoms with E-state index in [2.05, 4.69) is 21.2 Å². The summed E-state index contributed by atoms with van der Waals surface area (Å²) >= 11 is 9.21. The fourth-order valence-electron chi connectivity index (χ4n) is 1.96. The molecule has 19 heavy (non-hydrogen) atoms. The van der Waals surface area contributed by atoms with Gasteiger partial charge in [0.05, 0.1) is 10.6 Å². The van der Waals surface area contributed by atoms with Gasteiger partial charge in [0.1, 0.15) is 0 Å². The predicted octanol–water partition coefficient (Wildman–Crippen LogP) is 3.63. The van der Waals surface area contributed by atoms with Crippen molar-refractivity contribution in [1.82, 2.24) is 5.32 Å². The van der Waals surface area contributed by atoms with Crippen molar-refractivity contribution in [2.24, 2.45) is 5.92 Å². The van der Waals surface area contributed by atoms with E-state index < -0.39 is 5.60 Å². The fraction of sp³-hybridized carbons (Fsp3) is 0.500. The Morgan fingerprint density at radius 1 is 1.53 bits per heavy atom. The summed E-state index contributed by atoms with van der Waals surface area (Å²) in [5.41, 5.74) is -0.420. The predicted molar refractivity (Wildman–Crippen MR) is 81.6 cm³/mol. The van der Waals surface area contributed by atoms with E-state index in [1.807, 2.05) is 13.8 Å². The number of nitrogens with one attached hydrogen (secondary N) is 1. The largest absolute Gasteiger partial charge is 0.388 e. The first-order chi connectivity index (χ1) is 8.71. The van der Waals surface area contributed by atoms with Crippen molar-refractivity contribution in [2.75, 3.05) is 6.54 Å². The lowest BCUT2D eigenvalue weighted by molar-refractivity contribution is 0.0368. The Morgan fingerprint density at radius 2 is 2.16 bits per heavy atom. The molecule has 0 aliphatic carbocycles. The van der Waals surface area contributed by atoms with Gasteiger partial charge >= 0.3 is 0 Å². The zero-order valence-electron chi connectivity index (χ0n) is 11.3. The number of aliphatic hydroxyl groups is 1. The zero-order valence-corrected chi connectivity index (χ0v) is 13.7. The van der Waals surface area contributed by atoms with Crippen LogP contribution in [0.1, 0.15) is 37.6 Å². The van der Waals surface area contributed by atoms with Crippen LogP contribution >= 0.6 is 27.5 Å². The number of benzene rings is 1.